The molecule has 1 aliphatic rings. The Hall–Kier alpha value is -2.54. The second kappa shape index (κ2) is 6.07. The maximum Gasteiger partial charge on any atom is 0.242 e. The fourth-order valence-electron chi connectivity index (χ4n) is 2.38. The number of nitrogens with zero attached hydrogens (tertiary/aromatic N) is 2. The van der Waals surface area contributed by atoms with Gasteiger partial charge < -0.3 is 20.1 Å². The summed E-state index contributed by atoms with van der Waals surface area (Å²) < 4.78 is 12.3. The van der Waals surface area contributed by atoms with Crippen molar-refractivity contribution in [3.63, 3.8) is 0 Å². The van der Waals surface area contributed by atoms with Crippen LogP contribution in [-0.2, 0) is 18.4 Å². The molecule has 7 heteroatoms. The van der Waals surface area contributed by atoms with Gasteiger partial charge in [-0.3, -0.25) is 9.48 Å². The number of likely N-dealkylation sites (N-methyl/N-ethyl adjacent to an activating group) is 1. The molecular weight excluding hydrogens is 284 g/mol. The number of aryl methyl sites for hydroxylation is 1. The van der Waals surface area contributed by atoms with Crippen molar-refractivity contribution in [3.05, 3.63) is 41.7 Å². The number of carbonyl (C=O) groups is 1. The van der Waals surface area contributed by atoms with Crippen molar-refractivity contribution in [1.82, 2.24) is 20.4 Å². The zero-order chi connectivity index (χ0) is 15.5. The molecule has 22 heavy (non-hydrogen) atoms. The summed E-state index contributed by atoms with van der Waals surface area (Å²) in [7, 11) is 3.57. The van der Waals surface area contributed by atoms with Crippen LogP contribution in [0.15, 0.2) is 30.6 Å². The van der Waals surface area contributed by atoms with Gasteiger partial charge in [-0.15, -0.1) is 0 Å². The highest BCUT2D eigenvalue weighted by Crippen LogP contribution is 2.32. The number of ether oxygens (including phenoxy) is 2. The van der Waals surface area contributed by atoms with Crippen LogP contribution in [0.5, 0.6) is 11.5 Å². The summed E-state index contributed by atoms with van der Waals surface area (Å²) in [6.07, 6.45) is 3.50. The Morgan fingerprint density at radius 3 is 2.95 bits per heavy atom. The highest BCUT2D eigenvalue weighted by Gasteiger charge is 2.20. The van der Waals surface area contributed by atoms with Crippen molar-refractivity contribution in [1.29, 1.82) is 0 Å². The summed E-state index contributed by atoms with van der Waals surface area (Å²) in [5, 5.41) is 10.0. The average Bonchev–Trinajstić information content (AvgIpc) is 3.14. The number of nitrogens with one attached hydrogen (secondary N) is 2. The highest BCUT2D eigenvalue weighted by molar-refractivity contribution is 5.83. The lowest BCUT2D eigenvalue weighted by Crippen LogP contribution is -2.35. The largest absolute Gasteiger partial charge is 0.454 e. The third-order valence-electron chi connectivity index (χ3n) is 3.51. The predicted molar refractivity (Wildman–Crippen MR) is 79.4 cm³/mol. The van der Waals surface area contributed by atoms with Crippen LogP contribution in [0.3, 0.4) is 0 Å². The molecule has 0 fully saturated rings. The first-order valence-electron chi connectivity index (χ1n) is 6.99. The molecule has 0 aliphatic carbocycles. The minimum absolute atomic E-state index is 0.104. The first-order valence-corrected chi connectivity index (χ1v) is 6.99. The molecule has 1 unspecified atom stereocenters. The van der Waals surface area contributed by atoms with E-state index in [4.69, 9.17) is 9.47 Å². The van der Waals surface area contributed by atoms with Crippen molar-refractivity contribution < 1.29 is 14.3 Å². The van der Waals surface area contributed by atoms with E-state index >= 15 is 0 Å². The number of benzene rings is 1. The third kappa shape index (κ3) is 2.89. The molecule has 1 aromatic heterocycles. The zero-order valence-electron chi connectivity index (χ0n) is 12.5. The molecule has 3 rings (SSSR count). The molecular formula is C15H18N4O3. The van der Waals surface area contributed by atoms with Crippen LogP contribution < -0.4 is 20.1 Å². The molecule has 7 nitrogen and oxygen atoms in total. The number of hydrogen-bond acceptors (Lipinski definition) is 5. The lowest BCUT2D eigenvalue weighted by Gasteiger charge is -2.14. The minimum atomic E-state index is -0.428. The summed E-state index contributed by atoms with van der Waals surface area (Å²) in [6, 6.07) is 5.20. The number of fused-ring (bicyclic) bond motifs is 1. The SMILES string of the molecule is CNC(C(=O)NCc1ccc2c(c1)OCO2)c1cnn(C)c1. The van der Waals surface area contributed by atoms with Crippen LogP contribution in [0.4, 0.5) is 0 Å². The smallest absolute Gasteiger partial charge is 0.242 e. The quantitative estimate of drug-likeness (QED) is 0.851. The number of aromatic nitrogens is 2. The van der Waals surface area contributed by atoms with Crippen molar-refractivity contribution in [2.24, 2.45) is 7.05 Å². The number of hydrogen-bond donors (Lipinski definition) is 2. The van der Waals surface area contributed by atoms with E-state index in [0.29, 0.717) is 12.3 Å². The van der Waals surface area contributed by atoms with E-state index in [-0.39, 0.29) is 12.7 Å². The zero-order valence-corrected chi connectivity index (χ0v) is 12.5. The van der Waals surface area contributed by atoms with Gasteiger partial charge in [-0.2, -0.15) is 5.10 Å². The third-order valence-corrected chi connectivity index (χ3v) is 3.51. The normalized spacial score (nSPS) is 13.9. The van der Waals surface area contributed by atoms with Gasteiger partial charge in [0.15, 0.2) is 11.5 Å². The Labute approximate surface area is 128 Å². The molecule has 0 saturated carbocycles. The van der Waals surface area contributed by atoms with E-state index in [0.717, 1.165) is 16.9 Å². The molecule has 0 spiro atoms. The summed E-state index contributed by atoms with van der Waals surface area (Å²) in [5.41, 5.74) is 1.78. The molecule has 1 atom stereocenters. The van der Waals surface area contributed by atoms with Crippen molar-refractivity contribution in [2.75, 3.05) is 13.8 Å². The average molecular weight is 302 g/mol. The summed E-state index contributed by atoms with van der Waals surface area (Å²) >= 11 is 0. The summed E-state index contributed by atoms with van der Waals surface area (Å²) in [6.45, 7) is 0.669. The first-order chi connectivity index (χ1) is 10.7. The summed E-state index contributed by atoms with van der Waals surface area (Å²) in [5.74, 6) is 1.34. The Kier molecular flexibility index (Phi) is 3.97. The lowest BCUT2D eigenvalue weighted by atomic mass is 10.1. The molecule has 0 bridgehead atoms. The van der Waals surface area contributed by atoms with Crippen LogP contribution in [0.2, 0.25) is 0 Å². The predicted octanol–water partition coefficient (Wildman–Crippen LogP) is 0.726. The molecule has 1 amide bonds. The van der Waals surface area contributed by atoms with Gasteiger partial charge in [-0.05, 0) is 24.7 Å². The van der Waals surface area contributed by atoms with E-state index < -0.39 is 6.04 Å². The standard InChI is InChI=1S/C15H18N4O3/c1-16-14(11-7-18-19(2)8-11)15(20)17-6-10-3-4-12-13(5-10)22-9-21-12/h3-5,7-8,14,16H,6,9H2,1-2H3,(H,17,20). The van der Waals surface area contributed by atoms with Gasteiger partial charge in [0.1, 0.15) is 6.04 Å². The van der Waals surface area contributed by atoms with Crippen LogP contribution in [-0.4, -0.2) is 29.5 Å². The molecule has 2 heterocycles. The molecule has 1 aromatic carbocycles. The van der Waals surface area contributed by atoms with Crippen molar-refractivity contribution >= 4 is 5.91 Å². The number of amides is 1. The maximum atomic E-state index is 12.3. The van der Waals surface area contributed by atoms with E-state index in [1.807, 2.05) is 31.4 Å². The van der Waals surface area contributed by atoms with Gasteiger partial charge in [0.2, 0.25) is 12.7 Å². The fourth-order valence-corrected chi connectivity index (χ4v) is 2.38. The second-order valence-corrected chi connectivity index (χ2v) is 5.07. The monoisotopic (exact) mass is 302 g/mol. The minimum Gasteiger partial charge on any atom is -0.454 e. The van der Waals surface area contributed by atoms with E-state index in [1.54, 1.807) is 17.9 Å². The molecule has 1 aliphatic heterocycles. The van der Waals surface area contributed by atoms with Gasteiger partial charge in [0.25, 0.3) is 0 Å². The van der Waals surface area contributed by atoms with E-state index in [9.17, 15) is 4.79 Å². The fraction of sp³-hybridized carbons (Fsp3) is 0.333. The Morgan fingerprint density at radius 1 is 1.41 bits per heavy atom. The van der Waals surface area contributed by atoms with Gasteiger partial charge in [0.05, 0.1) is 6.20 Å². The highest BCUT2D eigenvalue weighted by atomic mass is 16.7. The lowest BCUT2D eigenvalue weighted by molar-refractivity contribution is -0.123. The molecule has 116 valence electrons. The number of rotatable bonds is 5. The maximum absolute atomic E-state index is 12.3. The Morgan fingerprint density at radius 2 is 2.23 bits per heavy atom. The molecule has 2 N–H and O–H groups in total. The number of carbonyl (C=O) groups excluding carboxylic acids is 1. The molecule has 0 saturated heterocycles. The van der Waals surface area contributed by atoms with Crippen LogP contribution >= 0.6 is 0 Å². The van der Waals surface area contributed by atoms with E-state index in [1.165, 1.54) is 0 Å². The Bertz CT molecular complexity index is 683. The summed E-state index contributed by atoms with van der Waals surface area (Å²) in [4.78, 5) is 12.3. The topological polar surface area (TPSA) is 77.4 Å². The van der Waals surface area contributed by atoms with Crippen LogP contribution in [0, 0.1) is 0 Å². The van der Waals surface area contributed by atoms with Gasteiger partial charge in [0, 0.05) is 25.4 Å². The van der Waals surface area contributed by atoms with Crippen LogP contribution in [0.1, 0.15) is 17.2 Å². The van der Waals surface area contributed by atoms with Gasteiger partial charge in [-0.25, -0.2) is 0 Å². The van der Waals surface area contributed by atoms with Crippen molar-refractivity contribution in [3.8, 4) is 11.5 Å². The van der Waals surface area contributed by atoms with Gasteiger partial charge >= 0.3 is 0 Å². The molecule has 2 aromatic rings. The molecule has 0 radical (unpaired) electrons. The Balaban J connectivity index is 1.64. The van der Waals surface area contributed by atoms with Crippen molar-refractivity contribution in [2.45, 2.75) is 12.6 Å². The second-order valence-electron chi connectivity index (χ2n) is 5.07. The van der Waals surface area contributed by atoms with E-state index in [2.05, 4.69) is 15.7 Å². The first kappa shape index (κ1) is 14.4. The van der Waals surface area contributed by atoms with Gasteiger partial charge in [-0.1, -0.05) is 6.07 Å². The van der Waals surface area contributed by atoms with Crippen LogP contribution in [0.25, 0.3) is 0 Å².